The number of thiophene rings is 1. The first kappa shape index (κ1) is 13.1. The zero-order valence-corrected chi connectivity index (χ0v) is 13.7. The number of H-pyrrole nitrogens is 1. The molecule has 0 unspecified atom stereocenters. The van der Waals surface area contributed by atoms with Crippen LogP contribution in [0.25, 0.3) is 11.0 Å². The van der Waals surface area contributed by atoms with Gasteiger partial charge in [-0.3, -0.25) is 0 Å². The summed E-state index contributed by atoms with van der Waals surface area (Å²) in [5, 5.41) is 0. The molecular formula is C14H13BrN2S2. The fourth-order valence-electron chi connectivity index (χ4n) is 2.14. The van der Waals surface area contributed by atoms with E-state index in [4.69, 9.17) is 12.2 Å². The Morgan fingerprint density at radius 1 is 1.26 bits per heavy atom. The van der Waals surface area contributed by atoms with Crippen molar-refractivity contribution in [3.63, 3.8) is 0 Å². The Morgan fingerprint density at radius 2 is 2.05 bits per heavy atom. The molecule has 0 saturated carbocycles. The molecule has 2 aromatic heterocycles. The molecule has 0 spiro atoms. The summed E-state index contributed by atoms with van der Waals surface area (Å²) >= 11 is 10.8. The van der Waals surface area contributed by atoms with Gasteiger partial charge in [-0.15, -0.1) is 11.3 Å². The summed E-state index contributed by atoms with van der Waals surface area (Å²) in [5.41, 5.74) is 2.23. The molecule has 5 heteroatoms. The summed E-state index contributed by atoms with van der Waals surface area (Å²) in [6, 6.07) is 10.6. The second-order valence-corrected chi connectivity index (χ2v) is 6.95. The number of fused-ring (bicyclic) bond motifs is 1. The predicted molar refractivity (Wildman–Crippen MR) is 87.6 cm³/mol. The molecule has 19 heavy (non-hydrogen) atoms. The van der Waals surface area contributed by atoms with Gasteiger partial charge < -0.3 is 9.55 Å². The zero-order valence-electron chi connectivity index (χ0n) is 10.4. The van der Waals surface area contributed by atoms with Crippen molar-refractivity contribution >= 4 is 50.5 Å². The van der Waals surface area contributed by atoms with E-state index in [9.17, 15) is 0 Å². The van der Waals surface area contributed by atoms with Gasteiger partial charge in [0.05, 0.1) is 17.6 Å². The van der Waals surface area contributed by atoms with Crippen LogP contribution in [0.5, 0.6) is 0 Å². The van der Waals surface area contributed by atoms with Gasteiger partial charge in [0.25, 0.3) is 0 Å². The lowest BCUT2D eigenvalue weighted by Gasteiger charge is -2.02. The third kappa shape index (κ3) is 2.55. The summed E-state index contributed by atoms with van der Waals surface area (Å²) in [6.45, 7) is 3.02. The summed E-state index contributed by atoms with van der Waals surface area (Å²) in [7, 11) is 0. The third-order valence-electron chi connectivity index (χ3n) is 3.12. The van der Waals surface area contributed by atoms with Crippen LogP contribution in [-0.4, -0.2) is 9.55 Å². The molecule has 0 atom stereocenters. The summed E-state index contributed by atoms with van der Waals surface area (Å²) < 4.78 is 4.00. The average Bonchev–Trinajstić information content (AvgIpc) is 2.96. The first-order chi connectivity index (χ1) is 9.17. The van der Waals surface area contributed by atoms with Gasteiger partial charge >= 0.3 is 0 Å². The van der Waals surface area contributed by atoms with Crippen molar-refractivity contribution in [1.82, 2.24) is 9.55 Å². The molecule has 0 aliphatic heterocycles. The first-order valence-corrected chi connectivity index (χ1v) is 8.15. The molecule has 3 rings (SSSR count). The topological polar surface area (TPSA) is 20.7 Å². The molecule has 0 fully saturated rings. The van der Waals surface area contributed by atoms with E-state index in [2.05, 4.69) is 56.7 Å². The molecule has 0 aliphatic carbocycles. The van der Waals surface area contributed by atoms with Gasteiger partial charge in [-0.1, -0.05) is 22.9 Å². The van der Waals surface area contributed by atoms with Crippen LogP contribution >= 0.6 is 39.5 Å². The molecule has 0 aliphatic rings. The minimum Gasteiger partial charge on any atom is -0.331 e. The lowest BCUT2D eigenvalue weighted by atomic mass is 10.3. The van der Waals surface area contributed by atoms with E-state index < -0.39 is 0 Å². The van der Waals surface area contributed by atoms with Crippen LogP contribution in [0.2, 0.25) is 0 Å². The van der Waals surface area contributed by atoms with Crippen molar-refractivity contribution in [1.29, 1.82) is 0 Å². The van der Waals surface area contributed by atoms with Crippen LogP contribution < -0.4 is 0 Å². The van der Waals surface area contributed by atoms with E-state index in [0.717, 1.165) is 33.2 Å². The highest BCUT2D eigenvalue weighted by Gasteiger charge is 2.07. The average molecular weight is 353 g/mol. The Kier molecular flexibility index (Phi) is 3.60. The number of halogens is 1. The van der Waals surface area contributed by atoms with Gasteiger partial charge in [0.2, 0.25) is 0 Å². The zero-order chi connectivity index (χ0) is 13.4. The number of rotatable bonds is 3. The Balaban J connectivity index is 2.06. The molecule has 0 radical (unpaired) electrons. The minimum atomic E-state index is 0.777. The highest BCUT2D eigenvalue weighted by molar-refractivity contribution is 9.10. The SMILES string of the molecule is CCc1ccc(Cn2c(=S)[nH]c3ccc(Br)cc32)s1. The molecule has 98 valence electrons. The first-order valence-electron chi connectivity index (χ1n) is 6.13. The lowest BCUT2D eigenvalue weighted by molar-refractivity contribution is 0.823. The van der Waals surface area contributed by atoms with Gasteiger partial charge in [-0.25, -0.2) is 0 Å². The number of hydrogen-bond donors (Lipinski definition) is 1. The van der Waals surface area contributed by atoms with Gasteiger partial charge in [-0.05, 0) is 49.0 Å². The van der Waals surface area contributed by atoms with Crippen molar-refractivity contribution in [2.24, 2.45) is 0 Å². The number of nitrogens with zero attached hydrogens (tertiary/aromatic N) is 1. The molecular weight excluding hydrogens is 340 g/mol. The highest BCUT2D eigenvalue weighted by atomic mass is 79.9. The van der Waals surface area contributed by atoms with Crippen molar-refractivity contribution in [2.75, 3.05) is 0 Å². The Hall–Kier alpha value is -0.910. The maximum Gasteiger partial charge on any atom is 0.178 e. The number of hydrogen-bond acceptors (Lipinski definition) is 2. The van der Waals surface area contributed by atoms with E-state index in [1.165, 1.54) is 9.75 Å². The molecule has 1 N–H and O–H groups in total. The van der Waals surface area contributed by atoms with Gasteiger partial charge in [0.1, 0.15) is 0 Å². The molecule has 1 aromatic carbocycles. The molecule has 2 heterocycles. The van der Waals surface area contributed by atoms with Crippen molar-refractivity contribution in [3.05, 3.63) is 49.3 Å². The normalized spacial score (nSPS) is 11.3. The van der Waals surface area contributed by atoms with Crippen LogP contribution in [-0.2, 0) is 13.0 Å². The van der Waals surface area contributed by atoms with Crippen LogP contribution in [0.1, 0.15) is 16.7 Å². The van der Waals surface area contributed by atoms with E-state index >= 15 is 0 Å². The molecule has 0 bridgehead atoms. The van der Waals surface area contributed by atoms with E-state index in [1.807, 2.05) is 17.4 Å². The smallest absolute Gasteiger partial charge is 0.178 e. The summed E-state index contributed by atoms with van der Waals surface area (Å²) in [5.74, 6) is 0. The highest BCUT2D eigenvalue weighted by Crippen LogP contribution is 2.23. The van der Waals surface area contributed by atoms with Crippen molar-refractivity contribution in [3.8, 4) is 0 Å². The predicted octanol–water partition coefficient (Wildman–Crippen LogP) is 5.13. The second kappa shape index (κ2) is 5.23. The van der Waals surface area contributed by atoms with Crippen molar-refractivity contribution < 1.29 is 0 Å². The standard InChI is InChI=1S/C14H13BrN2S2/c1-2-10-4-5-11(19-10)8-17-13-7-9(15)3-6-12(13)16-14(17)18/h3-7H,2,8H2,1H3,(H,16,18). The maximum absolute atomic E-state index is 5.43. The van der Waals surface area contributed by atoms with E-state index in [-0.39, 0.29) is 0 Å². The van der Waals surface area contributed by atoms with Crippen LogP contribution in [0.4, 0.5) is 0 Å². The van der Waals surface area contributed by atoms with Crippen LogP contribution in [0.3, 0.4) is 0 Å². The quantitative estimate of drug-likeness (QED) is 0.647. The van der Waals surface area contributed by atoms with Crippen molar-refractivity contribution in [2.45, 2.75) is 19.9 Å². The Morgan fingerprint density at radius 3 is 2.79 bits per heavy atom. The third-order valence-corrected chi connectivity index (χ3v) is 5.15. The molecule has 2 nitrogen and oxygen atoms in total. The number of benzene rings is 1. The van der Waals surface area contributed by atoms with Gasteiger partial charge in [-0.2, -0.15) is 0 Å². The fourth-order valence-corrected chi connectivity index (χ4v) is 3.70. The molecule has 0 amide bonds. The number of imidazole rings is 1. The van der Waals surface area contributed by atoms with Crippen LogP contribution in [0, 0.1) is 4.77 Å². The van der Waals surface area contributed by atoms with Gasteiger partial charge in [0, 0.05) is 14.2 Å². The monoisotopic (exact) mass is 352 g/mol. The Bertz CT molecular complexity index is 782. The Labute approximate surface area is 129 Å². The number of aryl methyl sites for hydroxylation is 1. The molecule has 0 saturated heterocycles. The second-order valence-electron chi connectivity index (χ2n) is 4.40. The van der Waals surface area contributed by atoms with E-state index in [1.54, 1.807) is 0 Å². The fraction of sp³-hybridized carbons (Fsp3) is 0.214. The number of nitrogens with one attached hydrogen (secondary N) is 1. The van der Waals surface area contributed by atoms with Gasteiger partial charge in [0.15, 0.2) is 4.77 Å². The largest absolute Gasteiger partial charge is 0.331 e. The summed E-state index contributed by atoms with van der Waals surface area (Å²) in [4.78, 5) is 6.02. The molecule has 3 aromatic rings. The number of aromatic nitrogens is 2. The number of aromatic amines is 1. The van der Waals surface area contributed by atoms with E-state index in [0.29, 0.717) is 0 Å². The van der Waals surface area contributed by atoms with Crippen LogP contribution in [0.15, 0.2) is 34.8 Å². The maximum atomic E-state index is 5.43. The minimum absolute atomic E-state index is 0.777. The summed E-state index contributed by atoms with van der Waals surface area (Å²) in [6.07, 6.45) is 1.09. The lowest BCUT2D eigenvalue weighted by Crippen LogP contribution is -1.97.